The van der Waals surface area contributed by atoms with Crippen molar-refractivity contribution in [1.29, 1.82) is 0 Å². The number of ether oxygens (including phenoxy) is 5. The summed E-state index contributed by atoms with van der Waals surface area (Å²) in [5, 5.41) is 1.93. The van der Waals surface area contributed by atoms with Gasteiger partial charge in [0.15, 0.2) is 11.5 Å². The Hall–Kier alpha value is -1.98. The lowest BCUT2D eigenvalue weighted by atomic mass is 10.1. The van der Waals surface area contributed by atoms with Crippen LogP contribution in [-0.2, 0) is 9.47 Å². The van der Waals surface area contributed by atoms with Gasteiger partial charge in [0, 0.05) is 31.1 Å². The molecule has 0 spiro atoms. The average molecular weight is 306 g/mol. The summed E-state index contributed by atoms with van der Waals surface area (Å²) in [6.07, 6.45) is 0. The second kappa shape index (κ2) is 8.46. The average Bonchev–Trinajstić information content (AvgIpc) is 2.56. The molecule has 0 aliphatic carbocycles. The lowest BCUT2D eigenvalue weighted by molar-refractivity contribution is 0.143. The van der Waals surface area contributed by atoms with Crippen LogP contribution >= 0.6 is 0 Å². The molecule has 22 heavy (non-hydrogen) atoms. The van der Waals surface area contributed by atoms with Gasteiger partial charge in [-0.3, -0.25) is 0 Å². The zero-order valence-electron chi connectivity index (χ0n) is 13.3. The maximum atomic E-state index is 5.83. The number of fused-ring (bicyclic) bond motifs is 1. The van der Waals surface area contributed by atoms with Gasteiger partial charge >= 0.3 is 0 Å². The molecule has 0 heterocycles. The highest BCUT2D eigenvalue weighted by Crippen LogP contribution is 2.41. The fraction of sp³-hybridized carbons (Fsp3) is 0.412. The first kappa shape index (κ1) is 16.4. The summed E-state index contributed by atoms with van der Waals surface area (Å²) < 4.78 is 27.1. The Morgan fingerprint density at radius 1 is 0.727 bits per heavy atom. The summed E-state index contributed by atoms with van der Waals surface area (Å²) in [7, 11) is 4.91. The smallest absolute Gasteiger partial charge is 0.169 e. The lowest BCUT2D eigenvalue weighted by Gasteiger charge is -2.16. The Kier molecular flexibility index (Phi) is 6.30. The van der Waals surface area contributed by atoms with Crippen molar-refractivity contribution in [3.05, 3.63) is 30.3 Å². The molecule has 120 valence electrons. The molecule has 0 bridgehead atoms. The number of hydrogen-bond donors (Lipinski definition) is 0. The summed E-state index contributed by atoms with van der Waals surface area (Å²) in [6, 6.07) is 9.77. The van der Waals surface area contributed by atoms with Crippen molar-refractivity contribution < 1.29 is 23.7 Å². The van der Waals surface area contributed by atoms with E-state index in [9.17, 15) is 0 Å². The van der Waals surface area contributed by atoms with Crippen molar-refractivity contribution in [2.75, 3.05) is 47.8 Å². The monoisotopic (exact) mass is 306 g/mol. The molecular weight excluding hydrogens is 284 g/mol. The predicted molar refractivity (Wildman–Crippen MR) is 85.2 cm³/mol. The molecule has 0 radical (unpaired) electrons. The van der Waals surface area contributed by atoms with Gasteiger partial charge in [0.05, 0.1) is 20.3 Å². The van der Waals surface area contributed by atoms with Crippen molar-refractivity contribution in [3.8, 4) is 17.2 Å². The van der Waals surface area contributed by atoms with Crippen LogP contribution in [0.25, 0.3) is 10.8 Å². The quantitative estimate of drug-likeness (QED) is 0.667. The molecule has 2 aromatic rings. The molecule has 0 aromatic heterocycles. The Morgan fingerprint density at radius 3 is 2.00 bits per heavy atom. The van der Waals surface area contributed by atoms with Gasteiger partial charge in [-0.15, -0.1) is 0 Å². The minimum atomic E-state index is 0.459. The highest BCUT2D eigenvalue weighted by Gasteiger charge is 2.14. The third-order valence-electron chi connectivity index (χ3n) is 3.22. The Balaban J connectivity index is 2.39. The summed E-state index contributed by atoms with van der Waals surface area (Å²) in [4.78, 5) is 0. The van der Waals surface area contributed by atoms with E-state index in [-0.39, 0.29) is 0 Å². The first-order valence-electron chi connectivity index (χ1n) is 7.15. The molecular formula is C17H22O5. The van der Waals surface area contributed by atoms with Crippen molar-refractivity contribution >= 4 is 10.8 Å². The van der Waals surface area contributed by atoms with E-state index < -0.39 is 0 Å². The topological polar surface area (TPSA) is 46.2 Å². The fourth-order valence-electron chi connectivity index (χ4n) is 2.17. The Bertz CT molecular complexity index is 597. The van der Waals surface area contributed by atoms with Crippen LogP contribution in [0.5, 0.6) is 17.2 Å². The van der Waals surface area contributed by atoms with Crippen LogP contribution in [0.2, 0.25) is 0 Å². The largest absolute Gasteiger partial charge is 0.493 e. The highest BCUT2D eigenvalue weighted by atomic mass is 16.5. The highest BCUT2D eigenvalue weighted by molar-refractivity contribution is 5.95. The van der Waals surface area contributed by atoms with Crippen LogP contribution in [0.15, 0.2) is 30.3 Å². The minimum absolute atomic E-state index is 0.459. The molecule has 0 saturated carbocycles. The van der Waals surface area contributed by atoms with Gasteiger partial charge in [0.2, 0.25) is 0 Å². The Morgan fingerprint density at radius 2 is 1.36 bits per heavy atom. The second-order valence-corrected chi connectivity index (χ2v) is 4.63. The maximum Gasteiger partial charge on any atom is 0.169 e. The van der Waals surface area contributed by atoms with Gasteiger partial charge in [-0.05, 0) is 0 Å². The number of rotatable bonds is 9. The summed E-state index contributed by atoms with van der Waals surface area (Å²) in [5.74, 6) is 2.10. The van der Waals surface area contributed by atoms with Crippen LogP contribution < -0.4 is 14.2 Å². The zero-order chi connectivity index (χ0) is 15.8. The maximum absolute atomic E-state index is 5.83. The molecule has 0 fully saturated rings. The summed E-state index contributed by atoms with van der Waals surface area (Å²) in [6.45, 7) is 1.99. The third kappa shape index (κ3) is 3.81. The van der Waals surface area contributed by atoms with Gasteiger partial charge in [0.25, 0.3) is 0 Å². The van der Waals surface area contributed by atoms with E-state index in [0.29, 0.717) is 37.9 Å². The van der Waals surface area contributed by atoms with E-state index in [1.54, 1.807) is 21.3 Å². The van der Waals surface area contributed by atoms with E-state index in [4.69, 9.17) is 23.7 Å². The molecule has 0 unspecified atom stereocenters. The SMILES string of the molecule is COCCOc1cc(OC)c(OCCOC)c2ccccc12. The molecule has 0 saturated heterocycles. The minimum Gasteiger partial charge on any atom is -0.493 e. The van der Waals surface area contributed by atoms with Gasteiger partial charge in [0.1, 0.15) is 19.0 Å². The molecule has 2 rings (SSSR count). The second-order valence-electron chi connectivity index (χ2n) is 4.63. The summed E-state index contributed by atoms with van der Waals surface area (Å²) >= 11 is 0. The van der Waals surface area contributed by atoms with Gasteiger partial charge in [-0.1, -0.05) is 24.3 Å². The van der Waals surface area contributed by atoms with E-state index in [1.165, 1.54) is 0 Å². The molecule has 0 amide bonds. The number of hydrogen-bond acceptors (Lipinski definition) is 5. The molecule has 5 nitrogen and oxygen atoms in total. The standard InChI is InChI=1S/C17H22O5/c1-18-8-10-21-15-12-16(20-3)17(22-11-9-19-2)14-7-5-4-6-13(14)15/h4-7,12H,8-11H2,1-3H3. The molecule has 2 aromatic carbocycles. The molecule has 0 atom stereocenters. The van der Waals surface area contributed by atoms with Crippen LogP contribution in [0, 0.1) is 0 Å². The van der Waals surface area contributed by atoms with E-state index in [2.05, 4.69) is 0 Å². The van der Waals surface area contributed by atoms with Crippen LogP contribution in [0.1, 0.15) is 0 Å². The van der Waals surface area contributed by atoms with Crippen molar-refractivity contribution in [1.82, 2.24) is 0 Å². The molecule has 0 aliphatic heterocycles. The zero-order valence-corrected chi connectivity index (χ0v) is 13.3. The molecule has 0 N–H and O–H groups in total. The molecule has 5 heteroatoms. The first-order chi connectivity index (χ1) is 10.8. The normalized spacial score (nSPS) is 10.7. The van der Waals surface area contributed by atoms with Crippen molar-refractivity contribution in [2.24, 2.45) is 0 Å². The molecule has 0 aliphatic rings. The van der Waals surface area contributed by atoms with Crippen molar-refractivity contribution in [2.45, 2.75) is 0 Å². The first-order valence-corrected chi connectivity index (χ1v) is 7.15. The van der Waals surface area contributed by atoms with Gasteiger partial charge < -0.3 is 23.7 Å². The van der Waals surface area contributed by atoms with Crippen LogP contribution in [-0.4, -0.2) is 47.8 Å². The van der Waals surface area contributed by atoms with Gasteiger partial charge in [-0.25, -0.2) is 0 Å². The predicted octanol–water partition coefficient (Wildman–Crippen LogP) is 2.90. The van der Waals surface area contributed by atoms with E-state index in [1.807, 2.05) is 30.3 Å². The Labute approximate surface area is 130 Å². The lowest BCUT2D eigenvalue weighted by Crippen LogP contribution is -2.07. The fourth-order valence-corrected chi connectivity index (χ4v) is 2.17. The van der Waals surface area contributed by atoms with Gasteiger partial charge in [-0.2, -0.15) is 0 Å². The van der Waals surface area contributed by atoms with E-state index >= 15 is 0 Å². The third-order valence-corrected chi connectivity index (χ3v) is 3.22. The van der Waals surface area contributed by atoms with Crippen molar-refractivity contribution in [3.63, 3.8) is 0 Å². The van der Waals surface area contributed by atoms with Crippen LogP contribution in [0.4, 0.5) is 0 Å². The summed E-state index contributed by atoms with van der Waals surface area (Å²) in [5.41, 5.74) is 0. The number of benzene rings is 2. The number of methoxy groups -OCH3 is 3. The van der Waals surface area contributed by atoms with Crippen LogP contribution in [0.3, 0.4) is 0 Å². The van der Waals surface area contributed by atoms with E-state index in [0.717, 1.165) is 16.5 Å².